The molecule has 5 nitrogen and oxygen atoms in total. The van der Waals surface area contributed by atoms with Gasteiger partial charge in [0.15, 0.2) is 0 Å². The minimum absolute atomic E-state index is 0.203. The number of nitrogens with one attached hydrogen (secondary N) is 2. The van der Waals surface area contributed by atoms with E-state index in [0.717, 1.165) is 11.3 Å². The van der Waals surface area contributed by atoms with Crippen molar-refractivity contribution in [2.45, 2.75) is 12.6 Å². The van der Waals surface area contributed by atoms with E-state index >= 15 is 0 Å². The zero-order valence-corrected chi connectivity index (χ0v) is 9.26. The third kappa shape index (κ3) is 2.92. The molecule has 4 N–H and O–H groups in total. The van der Waals surface area contributed by atoms with E-state index in [-0.39, 0.29) is 5.91 Å². The number of carbonyl (C=O) groups excluding carboxylic acids is 1. The van der Waals surface area contributed by atoms with Crippen LogP contribution in [-0.2, 0) is 11.3 Å². The predicted octanol–water partition coefficient (Wildman–Crippen LogP) is 0.726. The number of carbonyl (C=O) groups is 1. The van der Waals surface area contributed by atoms with Gasteiger partial charge in [-0.3, -0.25) is 9.89 Å². The molecule has 0 radical (unpaired) electrons. The Hall–Kier alpha value is -2.14. The summed E-state index contributed by atoms with van der Waals surface area (Å²) in [6.45, 7) is 0.402. The number of aromatic amines is 1. The molecule has 5 heteroatoms. The van der Waals surface area contributed by atoms with Crippen LogP contribution in [0.1, 0.15) is 17.3 Å². The molecule has 0 saturated carbocycles. The van der Waals surface area contributed by atoms with Gasteiger partial charge < -0.3 is 11.1 Å². The van der Waals surface area contributed by atoms with Crippen LogP contribution in [0.2, 0.25) is 0 Å². The molecule has 17 heavy (non-hydrogen) atoms. The van der Waals surface area contributed by atoms with Gasteiger partial charge in [0.25, 0.3) is 0 Å². The van der Waals surface area contributed by atoms with Crippen LogP contribution in [0.25, 0.3) is 0 Å². The lowest BCUT2D eigenvalue weighted by Gasteiger charge is -2.11. The van der Waals surface area contributed by atoms with Crippen molar-refractivity contribution in [3.63, 3.8) is 0 Å². The molecule has 0 fully saturated rings. The number of benzene rings is 1. The third-order valence-electron chi connectivity index (χ3n) is 2.45. The number of nitrogens with zero attached hydrogens (tertiary/aromatic N) is 1. The van der Waals surface area contributed by atoms with E-state index in [9.17, 15) is 4.79 Å². The second-order valence-electron chi connectivity index (χ2n) is 3.69. The zero-order chi connectivity index (χ0) is 12.1. The van der Waals surface area contributed by atoms with Gasteiger partial charge in [0.2, 0.25) is 5.91 Å². The Kier molecular flexibility index (Phi) is 3.52. The SMILES string of the molecule is NC(C(=O)NCc1ccn[nH]1)c1ccccc1. The lowest BCUT2D eigenvalue weighted by atomic mass is 10.1. The standard InChI is InChI=1S/C12H14N4O/c13-11(9-4-2-1-3-5-9)12(17)14-8-10-6-7-15-16-10/h1-7,11H,8,13H2,(H,14,17)(H,15,16). The monoisotopic (exact) mass is 230 g/mol. The number of hydrogen-bond donors (Lipinski definition) is 3. The molecule has 1 aromatic heterocycles. The molecule has 1 aromatic carbocycles. The largest absolute Gasteiger partial charge is 0.349 e. The van der Waals surface area contributed by atoms with Gasteiger partial charge in [-0.1, -0.05) is 30.3 Å². The fourth-order valence-electron chi connectivity index (χ4n) is 1.49. The molecule has 1 amide bonds. The molecule has 0 spiro atoms. The molecule has 88 valence electrons. The summed E-state index contributed by atoms with van der Waals surface area (Å²) in [5.74, 6) is -0.203. The van der Waals surface area contributed by atoms with E-state index in [1.807, 2.05) is 30.3 Å². The summed E-state index contributed by atoms with van der Waals surface area (Å²) in [6.07, 6.45) is 1.64. The summed E-state index contributed by atoms with van der Waals surface area (Å²) in [4.78, 5) is 11.8. The second kappa shape index (κ2) is 5.27. The van der Waals surface area contributed by atoms with Crippen LogP contribution in [0.3, 0.4) is 0 Å². The highest BCUT2D eigenvalue weighted by Gasteiger charge is 2.14. The lowest BCUT2D eigenvalue weighted by molar-refractivity contribution is -0.122. The van der Waals surface area contributed by atoms with Crippen molar-refractivity contribution < 1.29 is 4.79 Å². The van der Waals surface area contributed by atoms with Gasteiger partial charge in [0.05, 0.1) is 12.2 Å². The van der Waals surface area contributed by atoms with Crippen molar-refractivity contribution in [3.8, 4) is 0 Å². The molecule has 0 saturated heterocycles. The third-order valence-corrected chi connectivity index (χ3v) is 2.45. The van der Waals surface area contributed by atoms with Crippen LogP contribution in [0.5, 0.6) is 0 Å². The normalized spacial score (nSPS) is 12.1. The average Bonchev–Trinajstić information content (AvgIpc) is 2.89. The highest BCUT2D eigenvalue weighted by atomic mass is 16.2. The maximum absolute atomic E-state index is 11.8. The molecular formula is C12H14N4O. The topological polar surface area (TPSA) is 83.8 Å². The van der Waals surface area contributed by atoms with Crippen LogP contribution in [-0.4, -0.2) is 16.1 Å². The zero-order valence-electron chi connectivity index (χ0n) is 9.26. The smallest absolute Gasteiger partial charge is 0.241 e. The van der Waals surface area contributed by atoms with Crippen molar-refractivity contribution in [2.75, 3.05) is 0 Å². The summed E-state index contributed by atoms with van der Waals surface area (Å²) in [5, 5.41) is 9.31. The molecule has 0 aliphatic rings. The first-order valence-electron chi connectivity index (χ1n) is 5.34. The van der Waals surface area contributed by atoms with Crippen molar-refractivity contribution in [1.29, 1.82) is 0 Å². The number of amides is 1. The van der Waals surface area contributed by atoms with Crippen molar-refractivity contribution in [1.82, 2.24) is 15.5 Å². The van der Waals surface area contributed by atoms with Crippen LogP contribution >= 0.6 is 0 Å². The van der Waals surface area contributed by atoms with Crippen LogP contribution in [0.15, 0.2) is 42.6 Å². The summed E-state index contributed by atoms with van der Waals surface area (Å²) < 4.78 is 0. The molecule has 1 unspecified atom stereocenters. The fraction of sp³-hybridized carbons (Fsp3) is 0.167. The Morgan fingerprint density at radius 3 is 2.76 bits per heavy atom. The highest BCUT2D eigenvalue weighted by Crippen LogP contribution is 2.09. The van der Waals surface area contributed by atoms with E-state index in [1.165, 1.54) is 0 Å². The molecule has 2 rings (SSSR count). The van der Waals surface area contributed by atoms with Crippen LogP contribution < -0.4 is 11.1 Å². The summed E-state index contributed by atoms with van der Waals surface area (Å²) in [7, 11) is 0. The Balaban J connectivity index is 1.92. The van der Waals surface area contributed by atoms with Gasteiger partial charge in [-0.2, -0.15) is 5.10 Å². The number of nitrogens with two attached hydrogens (primary N) is 1. The molecule has 0 bridgehead atoms. The minimum Gasteiger partial charge on any atom is -0.349 e. The average molecular weight is 230 g/mol. The molecule has 0 aliphatic heterocycles. The Morgan fingerprint density at radius 1 is 1.35 bits per heavy atom. The first kappa shape index (κ1) is 11.3. The quantitative estimate of drug-likeness (QED) is 0.723. The number of hydrogen-bond acceptors (Lipinski definition) is 3. The van der Waals surface area contributed by atoms with Crippen molar-refractivity contribution in [3.05, 3.63) is 53.9 Å². The number of H-pyrrole nitrogens is 1. The predicted molar refractivity (Wildman–Crippen MR) is 63.8 cm³/mol. The van der Waals surface area contributed by atoms with Crippen molar-refractivity contribution in [2.24, 2.45) is 5.73 Å². The summed E-state index contributed by atoms with van der Waals surface area (Å²) in [5.41, 5.74) is 7.49. The van der Waals surface area contributed by atoms with E-state index in [2.05, 4.69) is 15.5 Å². The van der Waals surface area contributed by atoms with E-state index < -0.39 is 6.04 Å². The molecule has 1 heterocycles. The van der Waals surface area contributed by atoms with Crippen LogP contribution in [0.4, 0.5) is 0 Å². The Morgan fingerprint density at radius 2 is 2.12 bits per heavy atom. The van der Waals surface area contributed by atoms with Gasteiger partial charge >= 0.3 is 0 Å². The number of rotatable bonds is 4. The van der Waals surface area contributed by atoms with E-state index in [1.54, 1.807) is 12.3 Å². The van der Waals surface area contributed by atoms with E-state index in [0.29, 0.717) is 6.54 Å². The fourth-order valence-corrected chi connectivity index (χ4v) is 1.49. The van der Waals surface area contributed by atoms with E-state index in [4.69, 9.17) is 5.73 Å². The van der Waals surface area contributed by atoms with Crippen molar-refractivity contribution >= 4 is 5.91 Å². The van der Waals surface area contributed by atoms with Gasteiger partial charge in [0.1, 0.15) is 6.04 Å². The number of aromatic nitrogens is 2. The Labute approximate surface area is 99.0 Å². The van der Waals surface area contributed by atoms with Gasteiger partial charge in [-0.05, 0) is 11.6 Å². The molecular weight excluding hydrogens is 216 g/mol. The van der Waals surface area contributed by atoms with Crippen LogP contribution in [0, 0.1) is 0 Å². The lowest BCUT2D eigenvalue weighted by Crippen LogP contribution is -2.33. The first-order chi connectivity index (χ1) is 8.27. The molecule has 2 aromatic rings. The molecule has 1 atom stereocenters. The minimum atomic E-state index is -0.640. The summed E-state index contributed by atoms with van der Waals surface area (Å²) >= 11 is 0. The summed E-state index contributed by atoms with van der Waals surface area (Å²) in [6, 6.07) is 10.4. The Bertz CT molecular complexity index is 467. The van der Waals surface area contributed by atoms with Gasteiger partial charge in [-0.25, -0.2) is 0 Å². The maximum Gasteiger partial charge on any atom is 0.241 e. The molecule has 0 aliphatic carbocycles. The maximum atomic E-state index is 11.8. The second-order valence-corrected chi connectivity index (χ2v) is 3.69. The highest BCUT2D eigenvalue weighted by molar-refractivity contribution is 5.82. The van der Waals surface area contributed by atoms with Gasteiger partial charge in [0, 0.05) is 6.20 Å². The van der Waals surface area contributed by atoms with Gasteiger partial charge in [-0.15, -0.1) is 0 Å². The first-order valence-corrected chi connectivity index (χ1v) is 5.34.